The van der Waals surface area contributed by atoms with E-state index in [-0.39, 0.29) is 6.10 Å². The van der Waals surface area contributed by atoms with Crippen LogP contribution in [0.5, 0.6) is 11.5 Å². The standard InChI is InChI=1S/C17H22N2O2/c1-4-20-15-7-5-6-13(10-15)19-14-8-9-16(18)17(11-14)21-12(2)3/h5-12,19H,4,18H2,1-3H3. The molecule has 2 rings (SSSR count). The van der Waals surface area contributed by atoms with Gasteiger partial charge in [-0.2, -0.15) is 0 Å². The predicted octanol–water partition coefficient (Wildman–Crippen LogP) is 4.20. The molecule has 0 aliphatic carbocycles. The van der Waals surface area contributed by atoms with E-state index < -0.39 is 0 Å². The first kappa shape index (κ1) is 15.0. The van der Waals surface area contributed by atoms with Gasteiger partial charge in [0.05, 0.1) is 18.4 Å². The van der Waals surface area contributed by atoms with Gasteiger partial charge in [0.1, 0.15) is 11.5 Å². The second-order valence-electron chi connectivity index (χ2n) is 5.01. The number of ether oxygens (including phenoxy) is 2. The van der Waals surface area contributed by atoms with Crippen LogP contribution in [0.25, 0.3) is 0 Å². The summed E-state index contributed by atoms with van der Waals surface area (Å²) in [6.07, 6.45) is 0.0869. The molecule has 3 N–H and O–H groups in total. The minimum Gasteiger partial charge on any atom is -0.494 e. The third kappa shape index (κ3) is 4.31. The van der Waals surface area contributed by atoms with Gasteiger partial charge in [-0.25, -0.2) is 0 Å². The largest absolute Gasteiger partial charge is 0.494 e. The quantitative estimate of drug-likeness (QED) is 0.781. The van der Waals surface area contributed by atoms with E-state index in [1.165, 1.54) is 0 Å². The molecule has 21 heavy (non-hydrogen) atoms. The van der Waals surface area contributed by atoms with Crippen molar-refractivity contribution in [2.75, 3.05) is 17.7 Å². The SMILES string of the molecule is CCOc1cccc(Nc2ccc(N)c(OC(C)C)c2)c1. The van der Waals surface area contributed by atoms with Crippen LogP contribution in [0.2, 0.25) is 0 Å². The molecule has 0 saturated carbocycles. The summed E-state index contributed by atoms with van der Waals surface area (Å²) in [6.45, 7) is 6.57. The summed E-state index contributed by atoms with van der Waals surface area (Å²) in [7, 11) is 0. The lowest BCUT2D eigenvalue weighted by Crippen LogP contribution is -2.07. The van der Waals surface area contributed by atoms with Crippen molar-refractivity contribution in [3.05, 3.63) is 42.5 Å². The second-order valence-corrected chi connectivity index (χ2v) is 5.01. The molecule has 2 aromatic rings. The van der Waals surface area contributed by atoms with Crippen LogP contribution in [0.1, 0.15) is 20.8 Å². The van der Waals surface area contributed by atoms with Crippen molar-refractivity contribution in [3.8, 4) is 11.5 Å². The first-order chi connectivity index (χ1) is 10.1. The molecule has 0 atom stereocenters. The molecule has 0 bridgehead atoms. The molecule has 0 heterocycles. The summed E-state index contributed by atoms with van der Waals surface area (Å²) < 4.78 is 11.2. The van der Waals surface area contributed by atoms with Gasteiger partial charge in [0.15, 0.2) is 0 Å². The topological polar surface area (TPSA) is 56.5 Å². The summed E-state index contributed by atoms with van der Waals surface area (Å²) in [4.78, 5) is 0. The lowest BCUT2D eigenvalue weighted by molar-refractivity contribution is 0.244. The molecule has 0 amide bonds. The van der Waals surface area contributed by atoms with Crippen molar-refractivity contribution in [2.24, 2.45) is 0 Å². The van der Waals surface area contributed by atoms with Crippen molar-refractivity contribution >= 4 is 17.1 Å². The Hall–Kier alpha value is -2.36. The van der Waals surface area contributed by atoms with Gasteiger partial charge in [0, 0.05) is 23.5 Å². The molecular weight excluding hydrogens is 264 g/mol. The highest BCUT2D eigenvalue weighted by Gasteiger charge is 2.05. The molecule has 0 aromatic heterocycles. The minimum atomic E-state index is 0.0869. The second kappa shape index (κ2) is 6.88. The van der Waals surface area contributed by atoms with E-state index in [1.54, 1.807) is 0 Å². The van der Waals surface area contributed by atoms with Crippen LogP contribution in [0.3, 0.4) is 0 Å². The molecule has 0 spiro atoms. The Kier molecular flexibility index (Phi) is 4.93. The van der Waals surface area contributed by atoms with Gasteiger partial charge < -0.3 is 20.5 Å². The number of nitrogens with two attached hydrogens (primary N) is 1. The van der Waals surface area contributed by atoms with Gasteiger partial charge in [-0.05, 0) is 45.0 Å². The van der Waals surface area contributed by atoms with Gasteiger partial charge in [0.25, 0.3) is 0 Å². The number of rotatable bonds is 6. The number of benzene rings is 2. The summed E-state index contributed by atoms with van der Waals surface area (Å²) in [5.41, 5.74) is 8.44. The molecular formula is C17H22N2O2. The van der Waals surface area contributed by atoms with E-state index in [2.05, 4.69) is 5.32 Å². The smallest absolute Gasteiger partial charge is 0.144 e. The summed E-state index contributed by atoms with van der Waals surface area (Å²) >= 11 is 0. The van der Waals surface area contributed by atoms with Gasteiger partial charge in [-0.15, -0.1) is 0 Å². The Morgan fingerprint density at radius 1 is 1.10 bits per heavy atom. The minimum absolute atomic E-state index is 0.0869. The molecule has 0 saturated heterocycles. The maximum Gasteiger partial charge on any atom is 0.144 e. The highest BCUT2D eigenvalue weighted by molar-refractivity contribution is 5.67. The number of nitrogen functional groups attached to an aromatic ring is 1. The van der Waals surface area contributed by atoms with E-state index in [1.807, 2.05) is 63.2 Å². The molecule has 0 unspecified atom stereocenters. The van der Waals surface area contributed by atoms with E-state index in [4.69, 9.17) is 15.2 Å². The monoisotopic (exact) mass is 286 g/mol. The fraction of sp³-hybridized carbons (Fsp3) is 0.294. The normalized spacial score (nSPS) is 10.5. The highest BCUT2D eigenvalue weighted by Crippen LogP contribution is 2.29. The van der Waals surface area contributed by atoms with Gasteiger partial charge in [0.2, 0.25) is 0 Å². The van der Waals surface area contributed by atoms with Crippen LogP contribution in [0.15, 0.2) is 42.5 Å². The lowest BCUT2D eigenvalue weighted by Gasteiger charge is -2.14. The predicted molar refractivity (Wildman–Crippen MR) is 87.5 cm³/mol. The number of hydrogen-bond acceptors (Lipinski definition) is 4. The van der Waals surface area contributed by atoms with Crippen molar-refractivity contribution in [3.63, 3.8) is 0 Å². The average Bonchev–Trinajstić information content (AvgIpc) is 2.43. The summed E-state index contributed by atoms with van der Waals surface area (Å²) in [5.74, 6) is 1.53. The van der Waals surface area contributed by atoms with Gasteiger partial charge >= 0.3 is 0 Å². The van der Waals surface area contributed by atoms with Crippen LogP contribution in [0.4, 0.5) is 17.1 Å². The zero-order chi connectivity index (χ0) is 15.2. The highest BCUT2D eigenvalue weighted by atomic mass is 16.5. The third-order valence-electron chi connectivity index (χ3n) is 2.81. The van der Waals surface area contributed by atoms with Crippen LogP contribution in [0, 0.1) is 0 Å². The fourth-order valence-corrected chi connectivity index (χ4v) is 1.97. The average molecular weight is 286 g/mol. The van der Waals surface area contributed by atoms with Crippen molar-refractivity contribution in [2.45, 2.75) is 26.9 Å². The van der Waals surface area contributed by atoms with Crippen molar-refractivity contribution in [1.82, 2.24) is 0 Å². The van der Waals surface area contributed by atoms with E-state index >= 15 is 0 Å². The first-order valence-electron chi connectivity index (χ1n) is 7.14. The Morgan fingerprint density at radius 2 is 1.86 bits per heavy atom. The Morgan fingerprint density at radius 3 is 2.57 bits per heavy atom. The molecule has 0 radical (unpaired) electrons. The fourth-order valence-electron chi connectivity index (χ4n) is 1.97. The van der Waals surface area contributed by atoms with Crippen LogP contribution >= 0.6 is 0 Å². The summed E-state index contributed by atoms with van der Waals surface area (Å²) in [5, 5.41) is 3.33. The molecule has 0 aliphatic heterocycles. The van der Waals surface area contributed by atoms with Gasteiger partial charge in [-0.1, -0.05) is 6.07 Å². The number of nitrogens with one attached hydrogen (secondary N) is 1. The van der Waals surface area contributed by atoms with Crippen molar-refractivity contribution < 1.29 is 9.47 Å². The maximum atomic E-state index is 5.92. The zero-order valence-corrected chi connectivity index (χ0v) is 12.7. The molecule has 112 valence electrons. The third-order valence-corrected chi connectivity index (χ3v) is 2.81. The maximum absolute atomic E-state index is 5.92. The van der Waals surface area contributed by atoms with E-state index in [0.29, 0.717) is 18.0 Å². The van der Waals surface area contributed by atoms with Gasteiger partial charge in [-0.3, -0.25) is 0 Å². The Balaban J connectivity index is 2.17. The summed E-state index contributed by atoms with van der Waals surface area (Å²) in [6, 6.07) is 13.5. The van der Waals surface area contributed by atoms with Crippen LogP contribution in [-0.2, 0) is 0 Å². The van der Waals surface area contributed by atoms with Crippen molar-refractivity contribution in [1.29, 1.82) is 0 Å². The lowest BCUT2D eigenvalue weighted by atomic mass is 10.2. The number of anilines is 3. The molecule has 4 heteroatoms. The zero-order valence-electron chi connectivity index (χ0n) is 12.7. The Labute approximate surface area is 125 Å². The molecule has 4 nitrogen and oxygen atoms in total. The Bertz CT molecular complexity index is 597. The van der Waals surface area contributed by atoms with E-state index in [0.717, 1.165) is 17.1 Å². The molecule has 0 aliphatic rings. The van der Waals surface area contributed by atoms with Crippen LogP contribution < -0.4 is 20.5 Å². The first-order valence-corrected chi connectivity index (χ1v) is 7.14. The molecule has 2 aromatic carbocycles. The molecule has 0 fully saturated rings. The van der Waals surface area contributed by atoms with Crippen LogP contribution in [-0.4, -0.2) is 12.7 Å². The number of hydrogen-bond donors (Lipinski definition) is 2. The van der Waals surface area contributed by atoms with E-state index in [9.17, 15) is 0 Å².